The molecule has 0 radical (unpaired) electrons. The van der Waals surface area contributed by atoms with Crippen molar-refractivity contribution >= 4 is 17.5 Å². The number of carbonyl (C=O) groups excluding carboxylic acids is 2. The summed E-state index contributed by atoms with van der Waals surface area (Å²) in [4.78, 5) is 23.7. The first-order valence-electron chi connectivity index (χ1n) is 7.42. The molecule has 0 saturated carbocycles. The van der Waals surface area contributed by atoms with E-state index in [9.17, 15) is 9.59 Å². The Hall–Kier alpha value is -2.82. The Labute approximate surface area is 135 Å². The van der Waals surface area contributed by atoms with Crippen molar-refractivity contribution in [2.24, 2.45) is 0 Å². The predicted octanol–water partition coefficient (Wildman–Crippen LogP) is 2.38. The van der Waals surface area contributed by atoms with Crippen LogP contribution in [0.1, 0.15) is 12.0 Å². The molecular formula is C18H20N2O3. The van der Waals surface area contributed by atoms with Gasteiger partial charge in [0, 0.05) is 6.54 Å². The van der Waals surface area contributed by atoms with E-state index < -0.39 is 0 Å². The van der Waals surface area contributed by atoms with E-state index in [1.54, 1.807) is 18.2 Å². The molecule has 0 aliphatic carbocycles. The molecule has 0 spiro atoms. The van der Waals surface area contributed by atoms with Gasteiger partial charge in [-0.3, -0.25) is 9.59 Å². The third-order valence-corrected chi connectivity index (χ3v) is 3.28. The van der Waals surface area contributed by atoms with Gasteiger partial charge in [0.15, 0.2) is 0 Å². The maximum Gasteiger partial charge on any atom is 0.233 e. The van der Waals surface area contributed by atoms with Crippen molar-refractivity contribution in [1.82, 2.24) is 5.32 Å². The maximum absolute atomic E-state index is 11.9. The fourth-order valence-electron chi connectivity index (χ4n) is 2.14. The lowest BCUT2D eigenvalue weighted by Gasteiger charge is -2.10. The van der Waals surface area contributed by atoms with Crippen LogP contribution in [0, 0.1) is 0 Å². The van der Waals surface area contributed by atoms with Crippen molar-refractivity contribution < 1.29 is 14.3 Å². The average Bonchev–Trinajstić information content (AvgIpc) is 2.56. The highest BCUT2D eigenvalue weighted by atomic mass is 16.5. The molecule has 2 amide bonds. The Morgan fingerprint density at radius 1 is 0.957 bits per heavy atom. The first kappa shape index (κ1) is 16.5. The van der Waals surface area contributed by atoms with Crippen LogP contribution in [0.3, 0.4) is 0 Å². The number of hydrogen-bond donors (Lipinski definition) is 2. The summed E-state index contributed by atoms with van der Waals surface area (Å²) >= 11 is 0. The van der Waals surface area contributed by atoms with Gasteiger partial charge in [0.05, 0.1) is 12.8 Å². The number of amides is 2. The van der Waals surface area contributed by atoms with Gasteiger partial charge in [-0.25, -0.2) is 0 Å². The molecule has 120 valence electrons. The minimum atomic E-state index is -0.369. The Morgan fingerprint density at radius 2 is 1.65 bits per heavy atom. The van der Waals surface area contributed by atoms with E-state index in [1.165, 1.54) is 7.11 Å². The van der Waals surface area contributed by atoms with E-state index >= 15 is 0 Å². The smallest absolute Gasteiger partial charge is 0.233 e. The minimum Gasteiger partial charge on any atom is -0.495 e. The lowest BCUT2D eigenvalue weighted by atomic mass is 10.1. The third-order valence-electron chi connectivity index (χ3n) is 3.28. The summed E-state index contributed by atoms with van der Waals surface area (Å²) in [5.74, 6) is -0.106. The minimum absolute atomic E-state index is 0.215. The lowest BCUT2D eigenvalue weighted by molar-refractivity contribution is -0.126. The van der Waals surface area contributed by atoms with Crippen LogP contribution in [-0.4, -0.2) is 25.5 Å². The molecule has 0 unspecified atom stereocenters. The largest absolute Gasteiger partial charge is 0.495 e. The number of rotatable bonds is 7. The summed E-state index contributed by atoms with van der Waals surface area (Å²) in [6.07, 6.45) is 0.521. The molecule has 2 aromatic carbocycles. The summed E-state index contributed by atoms with van der Waals surface area (Å²) < 4.78 is 5.15. The number of ether oxygens (including phenoxy) is 1. The molecule has 0 fully saturated rings. The number of benzene rings is 2. The van der Waals surface area contributed by atoms with Crippen molar-refractivity contribution in [1.29, 1.82) is 0 Å². The Morgan fingerprint density at radius 3 is 2.39 bits per heavy atom. The van der Waals surface area contributed by atoms with E-state index in [0.29, 0.717) is 18.0 Å². The van der Waals surface area contributed by atoms with Gasteiger partial charge in [-0.05, 0) is 24.1 Å². The second-order valence-corrected chi connectivity index (χ2v) is 5.01. The van der Waals surface area contributed by atoms with Crippen LogP contribution in [-0.2, 0) is 16.0 Å². The molecular weight excluding hydrogens is 292 g/mol. The first-order valence-corrected chi connectivity index (χ1v) is 7.42. The number of anilines is 1. The molecule has 5 nitrogen and oxygen atoms in total. The van der Waals surface area contributed by atoms with Crippen LogP contribution in [0.15, 0.2) is 54.6 Å². The highest BCUT2D eigenvalue weighted by Gasteiger charge is 2.11. The fraction of sp³-hybridized carbons (Fsp3) is 0.222. The first-order chi connectivity index (χ1) is 11.2. The predicted molar refractivity (Wildman–Crippen MR) is 89.4 cm³/mol. The molecule has 0 heterocycles. The summed E-state index contributed by atoms with van der Waals surface area (Å²) in [6, 6.07) is 16.9. The number of hydrogen-bond acceptors (Lipinski definition) is 3. The maximum atomic E-state index is 11.9. The highest BCUT2D eigenvalue weighted by molar-refractivity contribution is 6.04. The van der Waals surface area contributed by atoms with E-state index in [1.807, 2.05) is 36.4 Å². The van der Waals surface area contributed by atoms with E-state index in [-0.39, 0.29) is 18.2 Å². The molecule has 0 saturated heterocycles. The zero-order chi connectivity index (χ0) is 16.5. The Kier molecular flexibility index (Phi) is 6.17. The third kappa shape index (κ3) is 5.47. The van der Waals surface area contributed by atoms with Crippen molar-refractivity contribution in [3.05, 3.63) is 60.2 Å². The van der Waals surface area contributed by atoms with Gasteiger partial charge in [-0.2, -0.15) is 0 Å². The van der Waals surface area contributed by atoms with Gasteiger partial charge in [0.25, 0.3) is 0 Å². The SMILES string of the molecule is COc1ccccc1NC(=O)CC(=O)NCCc1ccccc1. The van der Waals surface area contributed by atoms with Crippen molar-refractivity contribution in [2.45, 2.75) is 12.8 Å². The van der Waals surface area contributed by atoms with E-state index in [2.05, 4.69) is 10.6 Å². The van der Waals surface area contributed by atoms with Gasteiger partial charge in [-0.15, -0.1) is 0 Å². The lowest BCUT2D eigenvalue weighted by Crippen LogP contribution is -2.29. The van der Waals surface area contributed by atoms with Gasteiger partial charge in [0.1, 0.15) is 12.2 Å². The zero-order valence-electron chi connectivity index (χ0n) is 13.0. The van der Waals surface area contributed by atoms with E-state index in [0.717, 1.165) is 12.0 Å². The van der Waals surface area contributed by atoms with Gasteiger partial charge in [-0.1, -0.05) is 42.5 Å². The van der Waals surface area contributed by atoms with Gasteiger partial charge < -0.3 is 15.4 Å². The molecule has 5 heteroatoms. The van der Waals surface area contributed by atoms with Crippen molar-refractivity contribution in [2.75, 3.05) is 19.0 Å². The van der Waals surface area contributed by atoms with Crippen LogP contribution >= 0.6 is 0 Å². The molecule has 0 aromatic heterocycles. The molecule has 0 aliphatic rings. The second-order valence-electron chi connectivity index (χ2n) is 5.01. The molecule has 0 aliphatic heterocycles. The van der Waals surface area contributed by atoms with Crippen molar-refractivity contribution in [3.8, 4) is 5.75 Å². The summed E-state index contributed by atoms with van der Waals surface area (Å²) in [5.41, 5.74) is 1.70. The molecule has 2 aromatic rings. The topological polar surface area (TPSA) is 67.4 Å². The molecule has 0 atom stereocenters. The second kappa shape index (κ2) is 8.58. The monoisotopic (exact) mass is 312 g/mol. The van der Waals surface area contributed by atoms with Gasteiger partial charge in [0.2, 0.25) is 11.8 Å². The number of para-hydroxylation sites is 2. The summed E-state index contributed by atoms with van der Waals surface area (Å²) in [5, 5.41) is 5.42. The summed E-state index contributed by atoms with van der Waals surface area (Å²) in [6.45, 7) is 0.505. The van der Waals surface area contributed by atoms with E-state index in [4.69, 9.17) is 4.74 Å². The number of carbonyl (C=O) groups is 2. The molecule has 2 rings (SSSR count). The van der Waals surface area contributed by atoms with Crippen LogP contribution < -0.4 is 15.4 Å². The van der Waals surface area contributed by atoms with Crippen LogP contribution in [0.5, 0.6) is 5.75 Å². The Bertz CT molecular complexity index is 656. The zero-order valence-corrected chi connectivity index (χ0v) is 13.0. The van der Waals surface area contributed by atoms with Crippen LogP contribution in [0.25, 0.3) is 0 Å². The fourth-order valence-corrected chi connectivity index (χ4v) is 2.14. The molecule has 0 bridgehead atoms. The number of methoxy groups -OCH3 is 1. The summed E-state index contributed by atoms with van der Waals surface area (Å²) in [7, 11) is 1.53. The Balaban J connectivity index is 1.75. The normalized spacial score (nSPS) is 9.96. The quantitative estimate of drug-likeness (QED) is 0.771. The van der Waals surface area contributed by atoms with Crippen molar-refractivity contribution in [3.63, 3.8) is 0 Å². The molecule has 23 heavy (non-hydrogen) atoms. The highest BCUT2D eigenvalue weighted by Crippen LogP contribution is 2.22. The van der Waals surface area contributed by atoms with Crippen LogP contribution in [0.4, 0.5) is 5.69 Å². The standard InChI is InChI=1S/C18H20N2O3/c1-23-16-10-6-5-9-15(16)20-18(22)13-17(21)19-12-11-14-7-3-2-4-8-14/h2-10H,11-13H2,1H3,(H,19,21)(H,20,22). The molecule has 2 N–H and O–H groups in total. The number of nitrogens with one attached hydrogen (secondary N) is 2. The van der Waals surface area contributed by atoms with Crippen LogP contribution in [0.2, 0.25) is 0 Å². The van der Waals surface area contributed by atoms with Gasteiger partial charge >= 0.3 is 0 Å². The average molecular weight is 312 g/mol.